The number of hydrogen-bond donors (Lipinski definition) is 4. The molecule has 0 radical (unpaired) electrons. The van der Waals surface area contributed by atoms with Crippen molar-refractivity contribution < 1.29 is 28.8 Å². The summed E-state index contributed by atoms with van der Waals surface area (Å²) in [6.07, 6.45) is 30.8. The maximum Gasteiger partial charge on any atom is 0.469 e. The Morgan fingerprint density at radius 2 is 0.951 bits per heavy atom. The molecule has 0 fully saturated rings. The van der Waals surface area contributed by atoms with Crippen LogP contribution in [0.2, 0.25) is 0 Å². The number of carbonyl (C=O) groups excluding carboxylic acids is 1. The lowest BCUT2D eigenvalue weighted by Crippen LogP contribution is -2.46. The average Bonchev–Trinajstić information content (AvgIpc) is 2.93. The normalized spacial score (nSPS) is 13.4. The molecule has 0 aromatic rings. The molecule has 0 aliphatic rings. The number of nitrogens with one attached hydrogen (secondary N) is 1. The third-order valence-electron chi connectivity index (χ3n) is 8.09. The third kappa shape index (κ3) is 30.8. The van der Waals surface area contributed by atoms with Gasteiger partial charge in [0.25, 0.3) is 0 Å². The highest BCUT2D eigenvalue weighted by Gasteiger charge is 2.25. The van der Waals surface area contributed by atoms with Crippen molar-refractivity contribution in [2.75, 3.05) is 6.61 Å². The van der Waals surface area contributed by atoms with E-state index in [1.807, 2.05) is 0 Å². The van der Waals surface area contributed by atoms with E-state index in [-0.39, 0.29) is 5.91 Å². The Hall–Kier alpha value is -0.460. The van der Waals surface area contributed by atoms with Crippen molar-refractivity contribution in [1.29, 1.82) is 0 Å². The van der Waals surface area contributed by atoms with Gasteiger partial charge in [-0.1, -0.05) is 168 Å². The minimum atomic E-state index is -4.67. The number of hydrogen-bond acceptors (Lipinski definition) is 4. The average molecular weight is 606 g/mol. The molecular formula is C33H68NO6P. The summed E-state index contributed by atoms with van der Waals surface area (Å²) in [5.41, 5.74) is 0. The first-order valence-corrected chi connectivity index (χ1v) is 19.0. The highest BCUT2D eigenvalue weighted by molar-refractivity contribution is 7.46. The van der Waals surface area contributed by atoms with Gasteiger partial charge >= 0.3 is 7.82 Å². The number of phosphoric ester groups is 1. The molecule has 7 nitrogen and oxygen atoms in total. The summed E-state index contributed by atoms with van der Waals surface area (Å²) in [4.78, 5) is 30.7. The fourth-order valence-corrected chi connectivity index (χ4v) is 5.76. The number of amides is 1. The molecule has 1 amide bonds. The maximum absolute atomic E-state index is 12.5. The van der Waals surface area contributed by atoms with Crippen LogP contribution < -0.4 is 5.32 Å². The molecule has 0 unspecified atom stereocenters. The number of phosphoric acid groups is 1. The second-order valence-electron chi connectivity index (χ2n) is 12.2. The summed E-state index contributed by atoms with van der Waals surface area (Å²) in [7, 11) is -4.67. The molecule has 0 aliphatic carbocycles. The van der Waals surface area contributed by atoms with E-state index in [0.717, 1.165) is 38.5 Å². The second-order valence-corrected chi connectivity index (χ2v) is 13.4. The predicted molar refractivity (Wildman–Crippen MR) is 172 cm³/mol. The van der Waals surface area contributed by atoms with E-state index in [1.54, 1.807) is 0 Å². The summed E-state index contributed by atoms with van der Waals surface area (Å²) in [5.74, 6) is -0.193. The van der Waals surface area contributed by atoms with Crippen LogP contribution in [0.4, 0.5) is 0 Å². The highest BCUT2D eigenvalue weighted by Crippen LogP contribution is 2.36. The molecule has 0 aromatic carbocycles. The first-order valence-electron chi connectivity index (χ1n) is 17.5. The van der Waals surface area contributed by atoms with Crippen molar-refractivity contribution in [1.82, 2.24) is 5.32 Å². The van der Waals surface area contributed by atoms with E-state index in [1.165, 1.54) is 122 Å². The lowest BCUT2D eigenvalue weighted by Gasteiger charge is -2.24. The van der Waals surface area contributed by atoms with Gasteiger partial charge < -0.3 is 20.2 Å². The topological polar surface area (TPSA) is 116 Å². The molecule has 4 N–H and O–H groups in total. The summed E-state index contributed by atoms with van der Waals surface area (Å²) in [5, 5.41) is 13.4. The zero-order valence-electron chi connectivity index (χ0n) is 27.0. The van der Waals surface area contributed by atoms with Gasteiger partial charge in [0.1, 0.15) is 0 Å². The van der Waals surface area contributed by atoms with Crippen molar-refractivity contribution in [3.63, 3.8) is 0 Å². The molecule has 246 valence electrons. The standard InChI is InChI=1S/C33H68NO6P/c1-3-5-7-9-11-13-15-17-19-21-23-25-27-29-33(36)34-31(30-40-41(37,38)39)32(35)28-26-24-22-20-18-16-14-12-10-8-6-4-2/h31-32,35H,3-30H2,1-2H3,(H,34,36)(H2,37,38,39)/t31-,32+/m0/s1. The molecule has 41 heavy (non-hydrogen) atoms. The molecule has 0 saturated carbocycles. The molecule has 2 atom stereocenters. The largest absolute Gasteiger partial charge is 0.469 e. The summed E-state index contributed by atoms with van der Waals surface area (Å²) in [6, 6.07) is -0.815. The third-order valence-corrected chi connectivity index (χ3v) is 8.58. The van der Waals surface area contributed by atoms with Gasteiger partial charge in [-0.2, -0.15) is 0 Å². The molecule has 0 spiro atoms. The quantitative estimate of drug-likeness (QED) is 0.0448. The molecule has 0 rings (SSSR count). The van der Waals surface area contributed by atoms with E-state index >= 15 is 0 Å². The molecule has 0 aromatic heterocycles. The Labute approximate surface area is 253 Å². The van der Waals surface area contributed by atoms with Gasteiger partial charge in [-0.25, -0.2) is 4.57 Å². The van der Waals surface area contributed by atoms with Crippen molar-refractivity contribution in [2.24, 2.45) is 0 Å². The van der Waals surface area contributed by atoms with Crippen molar-refractivity contribution in [3.8, 4) is 0 Å². The summed E-state index contributed by atoms with van der Waals surface area (Å²) < 4.78 is 15.8. The Morgan fingerprint density at radius 3 is 1.32 bits per heavy atom. The van der Waals surface area contributed by atoms with Crippen molar-refractivity contribution in [2.45, 2.75) is 199 Å². The maximum atomic E-state index is 12.5. The Morgan fingerprint density at radius 1 is 0.610 bits per heavy atom. The van der Waals surface area contributed by atoms with E-state index in [0.29, 0.717) is 12.8 Å². The number of carbonyl (C=O) groups is 1. The molecule has 0 aliphatic heterocycles. The van der Waals surface area contributed by atoms with Crippen LogP contribution in [0.5, 0.6) is 0 Å². The second kappa shape index (κ2) is 29.6. The Bertz CT molecular complexity index is 615. The van der Waals surface area contributed by atoms with Gasteiger partial charge in [0, 0.05) is 6.42 Å². The van der Waals surface area contributed by atoms with Gasteiger partial charge in [-0.3, -0.25) is 9.32 Å². The van der Waals surface area contributed by atoms with Crippen LogP contribution >= 0.6 is 7.82 Å². The van der Waals surface area contributed by atoms with Crippen LogP contribution in [0.15, 0.2) is 0 Å². The molecule has 8 heteroatoms. The first kappa shape index (κ1) is 40.5. The van der Waals surface area contributed by atoms with E-state index in [4.69, 9.17) is 9.79 Å². The van der Waals surface area contributed by atoms with Crippen LogP contribution in [-0.2, 0) is 13.9 Å². The van der Waals surface area contributed by atoms with E-state index in [2.05, 4.69) is 23.7 Å². The van der Waals surface area contributed by atoms with Crippen LogP contribution in [0.25, 0.3) is 0 Å². The van der Waals surface area contributed by atoms with Gasteiger partial charge in [0.05, 0.1) is 18.8 Å². The van der Waals surface area contributed by atoms with Crippen LogP contribution in [-0.4, -0.2) is 39.6 Å². The Kier molecular flexibility index (Phi) is 29.3. The van der Waals surface area contributed by atoms with E-state index in [9.17, 15) is 14.5 Å². The van der Waals surface area contributed by atoms with Crippen LogP contribution in [0, 0.1) is 0 Å². The smallest absolute Gasteiger partial charge is 0.391 e. The van der Waals surface area contributed by atoms with Crippen LogP contribution in [0.3, 0.4) is 0 Å². The fraction of sp³-hybridized carbons (Fsp3) is 0.970. The fourth-order valence-electron chi connectivity index (χ4n) is 5.40. The lowest BCUT2D eigenvalue weighted by atomic mass is 10.0. The molecular weight excluding hydrogens is 537 g/mol. The molecule has 0 bridgehead atoms. The zero-order valence-corrected chi connectivity index (χ0v) is 27.9. The molecule has 0 saturated heterocycles. The Balaban J connectivity index is 3.99. The van der Waals surface area contributed by atoms with Gasteiger partial charge in [-0.05, 0) is 12.8 Å². The predicted octanol–water partition coefficient (Wildman–Crippen LogP) is 9.51. The van der Waals surface area contributed by atoms with Gasteiger partial charge in [0.15, 0.2) is 0 Å². The van der Waals surface area contributed by atoms with Gasteiger partial charge in [-0.15, -0.1) is 0 Å². The first-order chi connectivity index (χ1) is 19.8. The van der Waals surface area contributed by atoms with Crippen LogP contribution in [0.1, 0.15) is 187 Å². The number of aliphatic hydroxyl groups is 1. The number of unbranched alkanes of at least 4 members (excludes halogenated alkanes) is 23. The highest BCUT2D eigenvalue weighted by atomic mass is 31.2. The molecule has 0 heterocycles. The summed E-state index contributed by atoms with van der Waals surface area (Å²) >= 11 is 0. The number of rotatable bonds is 32. The van der Waals surface area contributed by atoms with Crippen molar-refractivity contribution in [3.05, 3.63) is 0 Å². The van der Waals surface area contributed by atoms with E-state index < -0.39 is 26.6 Å². The summed E-state index contributed by atoms with van der Waals surface area (Å²) in [6.45, 7) is 4.10. The van der Waals surface area contributed by atoms with Gasteiger partial charge in [0.2, 0.25) is 5.91 Å². The number of aliphatic hydroxyl groups excluding tert-OH is 1. The SMILES string of the molecule is CCCCCCCCCCCCCCCC(=O)N[C@@H](COP(=O)(O)O)[C@H](O)CCCCCCCCCCCCCC. The minimum absolute atomic E-state index is 0.193. The lowest BCUT2D eigenvalue weighted by molar-refractivity contribution is -0.123. The minimum Gasteiger partial charge on any atom is -0.391 e. The van der Waals surface area contributed by atoms with Crippen molar-refractivity contribution >= 4 is 13.7 Å². The monoisotopic (exact) mass is 605 g/mol. The zero-order chi connectivity index (χ0) is 30.4.